The Morgan fingerprint density at radius 3 is 2.62 bits per heavy atom. The first kappa shape index (κ1) is 24.5. The van der Waals surface area contributed by atoms with Gasteiger partial charge in [0.05, 0.1) is 18.4 Å². The van der Waals surface area contributed by atoms with Crippen LogP contribution < -0.4 is 15.2 Å². The predicted molar refractivity (Wildman–Crippen MR) is 141 cm³/mol. The second-order valence-electron chi connectivity index (χ2n) is 9.78. The SMILES string of the molecule is COc1cc2c(cc1-c1cncc(C(N)=O)c1)-c1c(c(C(=O)N(C)C(C)(C)C)nn1-c1ccsc1)OC2. The lowest BCUT2D eigenvalue weighted by Gasteiger charge is -2.31. The highest BCUT2D eigenvalue weighted by Crippen LogP contribution is 2.46. The normalized spacial score (nSPS) is 12.4. The Hall–Kier alpha value is -4.18. The number of rotatable bonds is 5. The molecule has 5 rings (SSSR count). The topological polar surface area (TPSA) is 113 Å². The fourth-order valence-corrected chi connectivity index (χ4v) is 4.79. The molecular weight excluding hydrogens is 490 g/mol. The summed E-state index contributed by atoms with van der Waals surface area (Å²) in [5.41, 5.74) is 10.3. The second kappa shape index (κ2) is 9.04. The number of hydrogen-bond donors (Lipinski definition) is 1. The highest BCUT2D eigenvalue weighted by Gasteiger charge is 2.35. The largest absolute Gasteiger partial charge is 0.496 e. The van der Waals surface area contributed by atoms with E-state index in [9.17, 15) is 9.59 Å². The van der Waals surface area contributed by atoms with Gasteiger partial charge in [0, 0.05) is 52.6 Å². The summed E-state index contributed by atoms with van der Waals surface area (Å²) < 4.78 is 13.6. The molecule has 9 nitrogen and oxygen atoms in total. The molecule has 0 saturated carbocycles. The van der Waals surface area contributed by atoms with Crippen LogP contribution in [0.4, 0.5) is 0 Å². The van der Waals surface area contributed by atoms with Crippen LogP contribution in [-0.4, -0.2) is 51.2 Å². The van der Waals surface area contributed by atoms with Crippen LogP contribution in [0.15, 0.2) is 47.4 Å². The molecule has 10 heteroatoms. The number of aromatic nitrogens is 3. The summed E-state index contributed by atoms with van der Waals surface area (Å²) in [6.45, 7) is 6.15. The van der Waals surface area contributed by atoms with Crippen molar-refractivity contribution in [3.63, 3.8) is 0 Å². The molecule has 0 fully saturated rings. The Kier molecular flexibility index (Phi) is 5.99. The average Bonchev–Trinajstić information content (AvgIpc) is 3.54. The van der Waals surface area contributed by atoms with Crippen LogP contribution >= 0.6 is 11.3 Å². The molecule has 0 unspecified atom stereocenters. The molecule has 0 atom stereocenters. The van der Waals surface area contributed by atoms with E-state index in [4.69, 9.17) is 20.3 Å². The van der Waals surface area contributed by atoms with Crippen LogP contribution in [0, 0.1) is 0 Å². The van der Waals surface area contributed by atoms with E-state index in [1.807, 2.05) is 49.7 Å². The Morgan fingerprint density at radius 2 is 1.97 bits per heavy atom. The molecule has 4 heterocycles. The second-order valence-corrected chi connectivity index (χ2v) is 10.6. The van der Waals surface area contributed by atoms with Crippen molar-refractivity contribution in [3.8, 4) is 39.6 Å². The number of benzene rings is 1. The third-order valence-electron chi connectivity index (χ3n) is 6.49. The Labute approximate surface area is 218 Å². The Morgan fingerprint density at radius 1 is 1.19 bits per heavy atom. The van der Waals surface area contributed by atoms with Gasteiger partial charge in [0.15, 0.2) is 11.4 Å². The molecule has 0 saturated heterocycles. The van der Waals surface area contributed by atoms with Gasteiger partial charge in [0.25, 0.3) is 5.91 Å². The summed E-state index contributed by atoms with van der Waals surface area (Å²) in [7, 11) is 3.34. The molecule has 190 valence electrons. The number of carbonyl (C=O) groups excluding carboxylic acids is 2. The van der Waals surface area contributed by atoms with E-state index in [0.717, 1.165) is 22.4 Å². The number of ether oxygens (including phenoxy) is 2. The van der Waals surface area contributed by atoms with E-state index in [1.54, 1.807) is 36.0 Å². The van der Waals surface area contributed by atoms with Gasteiger partial charge >= 0.3 is 0 Å². The number of hydrogen-bond acceptors (Lipinski definition) is 7. The molecule has 1 aliphatic rings. The summed E-state index contributed by atoms with van der Waals surface area (Å²) in [6.07, 6.45) is 3.08. The molecular formula is C27H27N5O4S. The van der Waals surface area contributed by atoms with Crippen molar-refractivity contribution in [1.29, 1.82) is 0 Å². The van der Waals surface area contributed by atoms with Gasteiger partial charge in [-0.2, -0.15) is 16.4 Å². The third kappa shape index (κ3) is 4.23. The van der Waals surface area contributed by atoms with E-state index in [-0.39, 0.29) is 18.2 Å². The molecule has 2 N–H and O–H groups in total. The van der Waals surface area contributed by atoms with Gasteiger partial charge in [-0.25, -0.2) is 4.68 Å². The zero-order valence-electron chi connectivity index (χ0n) is 21.2. The number of thiophene rings is 1. The summed E-state index contributed by atoms with van der Waals surface area (Å²) >= 11 is 1.54. The van der Waals surface area contributed by atoms with Crippen molar-refractivity contribution in [1.82, 2.24) is 19.7 Å². The Balaban J connectivity index is 1.75. The van der Waals surface area contributed by atoms with Crippen molar-refractivity contribution in [2.45, 2.75) is 32.9 Å². The first-order valence-electron chi connectivity index (χ1n) is 11.6. The van der Waals surface area contributed by atoms with Gasteiger partial charge in [-0.15, -0.1) is 0 Å². The maximum Gasteiger partial charge on any atom is 0.278 e. The van der Waals surface area contributed by atoms with Crippen LogP contribution in [0.3, 0.4) is 0 Å². The van der Waals surface area contributed by atoms with Crippen molar-refractivity contribution >= 4 is 23.2 Å². The van der Waals surface area contributed by atoms with Gasteiger partial charge in [0.1, 0.15) is 18.1 Å². The smallest absolute Gasteiger partial charge is 0.278 e. The lowest BCUT2D eigenvalue weighted by molar-refractivity contribution is 0.0644. The van der Waals surface area contributed by atoms with Crippen LogP contribution in [0.5, 0.6) is 11.5 Å². The van der Waals surface area contributed by atoms with Gasteiger partial charge in [-0.05, 0) is 50.4 Å². The number of methoxy groups -OCH3 is 1. The first-order chi connectivity index (χ1) is 17.6. The quantitative estimate of drug-likeness (QED) is 0.416. The maximum atomic E-state index is 13.5. The van der Waals surface area contributed by atoms with Crippen LogP contribution in [0.2, 0.25) is 0 Å². The maximum absolute atomic E-state index is 13.5. The molecule has 1 aromatic carbocycles. The standard InChI is InChI=1S/C27H27N5O4S/c1-27(2,3)31(4)26(34)22-24-23(32(30-22)18-6-7-37-14-18)20-10-19(21(35-5)9-17(20)13-36-24)15-8-16(25(28)33)12-29-11-15/h6-12,14H,13H2,1-5H3,(H2,28,33). The summed E-state index contributed by atoms with van der Waals surface area (Å²) in [4.78, 5) is 31.2. The molecule has 37 heavy (non-hydrogen) atoms. The van der Waals surface area contributed by atoms with Crippen LogP contribution in [0.1, 0.15) is 47.2 Å². The highest BCUT2D eigenvalue weighted by atomic mass is 32.1. The zero-order valence-corrected chi connectivity index (χ0v) is 22.0. The number of pyridine rings is 1. The lowest BCUT2D eigenvalue weighted by Crippen LogP contribution is -2.42. The fraction of sp³-hybridized carbons (Fsp3) is 0.259. The van der Waals surface area contributed by atoms with E-state index < -0.39 is 11.4 Å². The molecule has 0 bridgehead atoms. The van der Waals surface area contributed by atoms with Crippen molar-refractivity contribution in [2.75, 3.05) is 14.2 Å². The van der Waals surface area contributed by atoms with Crippen molar-refractivity contribution in [3.05, 3.63) is 64.2 Å². The zero-order chi connectivity index (χ0) is 26.5. The monoisotopic (exact) mass is 517 g/mol. The number of primary amides is 1. The molecule has 3 aromatic heterocycles. The van der Waals surface area contributed by atoms with E-state index in [1.165, 1.54) is 17.5 Å². The number of carbonyl (C=O) groups is 2. The molecule has 0 aliphatic carbocycles. The first-order valence-corrected chi connectivity index (χ1v) is 12.6. The molecule has 2 amide bonds. The lowest BCUT2D eigenvalue weighted by atomic mass is 9.94. The average molecular weight is 518 g/mol. The van der Waals surface area contributed by atoms with E-state index >= 15 is 0 Å². The highest BCUT2D eigenvalue weighted by molar-refractivity contribution is 7.08. The van der Waals surface area contributed by atoms with Crippen LogP contribution in [0.25, 0.3) is 28.1 Å². The minimum Gasteiger partial charge on any atom is -0.496 e. The van der Waals surface area contributed by atoms with Crippen molar-refractivity contribution in [2.24, 2.45) is 5.73 Å². The van der Waals surface area contributed by atoms with E-state index in [2.05, 4.69) is 4.98 Å². The van der Waals surface area contributed by atoms with Crippen molar-refractivity contribution < 1.29 is 19.1 Å². The molecule has 4 aromatic rings. The summed E-state index contributed by atoms with van der Waals surface area (Å²) in [6, 6.07) is 7.49. The number of nitrogens with zero attached hydrogens (tertiary/aromatic N) is 4. The third-order valence-corrected chi connectivity index (χ3v) is 7.16. The molecule has 0 spiro atoms. The summed E-state index contributed by atoms with van der Waals surface area (Å²) in [5.74, 6) is 0.233. The molecule has 1 aliphatic heterocycles. The Bertz CT molecular complexity index is 1520. The van der Waals surface area contributed by atoms with E-state index in [0.29, 0.717) is 28.3 Å². The predicted octanol–water partition coefficient (Wildman–Crippen LogP) is 4.53. The van der Waals surface area contributed by atoms with Gasteiger partial charge < -0.3 is 20.1 Å². The van der Waals surface area contributed by atoms with Crippen LogP contribution in [-0.2, 0) is 6.61 Å². The van der Waals surface area contributed by atoms with Gasteiger partial charge in [-0.1, -0.05) is 0 Å². The number of amides is 2. The minimum atomic E-state index is -0.566. The number of nitrogens with two attached hydrogens (primary N) is 1. The number of fused-ring (bicyclic) bond motifs is 3. The van der Waals surface area contributed by atoms with Gasteiger partial charge in [-0.3, -0.25) is 14.6 Å². The fourth-order valence-electron chi connectivity index (χ4n) is 4.17. The summed E-state index contributed by atoms with van der Waals surface area (Å²) in [5, 5.41) is 8.67. The molecule has 0 radical (unpaired) electrons. The minimum absolute atomic E-state index is 0.228. The van der Waals surface area contributed by atoms with Gasteiger partial charge in [0.2, 0.25) is 5.91 Å².